The molecule has 6 heteroatoms. The van der Waals surface area contributed by atoms with Gasteiger partial charge in [-0.05, 0) is 49.8 Å². The van der Waals surface area contributed by atoms with Gasteiger partial charge in [-0.1, -0.05) is 6.07 Å². The van der Waals surface area contributed by atoms with E-state index in [0.717, 1.165) is 32.3 Å². The first-order valence-electron chi connectivity index (χ1n) is 8.01. The molecule has 1 aromatic carbocycles. The van der Waals surface area contributed by atoms with Crippen LogP contribution in [0.25, 0.3) is 0 Å². The van der Waals surface area contributed by atoms with Gasteiger partial charge in [0.15, 0.2) is 0 Å². The van der Waals surface area contributed by atoms with E-state index in [0.29, 0.717) is 17.9 Å². The molecule has 0 spiro atoms. The SMILES string of the molecule is O=C(NC(C(=O)O)C1CC1)c1cccc(OCC2CCCO2)c1. The number of aliphatic carboxylic acids is 1. The molecule has 2 N–H and O–H groups in total. The topological polar surface area (TPSA) is 84.9 Å². The van der Waals surface area contributed by atoms with Crippen LogP contribution in [0.2, 0.25) is 0 Å². The molecule has 2 aliphatic rings. The van der Waals surface area contributed by atoms with Gasteiger partial charge in [-0.2, -0.15) is 0 Å². The van der Waals surface area contributed by atoms with Crippen molar-refractivity contribution in [1.29, 1.82) is 0 Å². The minimum Gasteiger partial charge on any atom is -0.491 e. The third-order valence-corrected chi connectivity index (χ3v) is 4.20. The lowest BCUT2D eigenvalue weighted by Gasteiger charge is -2.15. The number of nitrogens with one attached hydrogen (secondary N) is 1. The van der Waals surface area contributed by atoms with Crippen LogP contribution in [0.4, 0.5) is 0 Å². The molecule has 1 aliphatic heterocycles. The van der Waals surface area contributed by atoms with Crippen LogP contribution < -0.4 is 10.1 Å². The zero-order valence-electron chi connectivity index (χ0n) is 12.9. The van der Waals surface area contributed by atoms with Crippen LogP contribution in [-0.2, 0) is 9.53 Å². The Kier molecular flexibility index (Phi) is 4.81. The lowest BCUT2D eigenvalue weighted by atomic mass is 10.1. The van der Waals surface area contributed by atoms with Crippen molar-refractivity contribution in [1.82, 2.24) is 5.32 Å². The van der Waals surface area contributed by atoms with E-state index in [1.807, 2.05) is 0 Å². The van der Waals surface area contributed by atoms with Crippen LogP contribution in [-0.4, -0.2) is 42.3 Å². The number of carbonyl (C=O) groups excluding carboxylic acids is 1. The molecule has 2 unspecified atom stereocenters. The van der Waals surface area contributed by atoms with Crippen LogP contribution in [0.3, 0.4) is 0 Å². The number of carboxylic acid groups (broad SMARTS) is 1. The highest BCUT2D eigenvalue weighted by atomic mass is 16.5. The zero-order valence-corrected chi connectivity index (χ0v) is 12.9. The number of carbonyl (C=O) groups is 2. The van der Waals surface area contributed by atoms with Crippen molar-refractivity contribution in [2.24, 2.45) is 5.92 Å². The average Bonchev–Trinajstić information content (AvgIpc) is 3.25. The maximum atomic E-state index is 12.2. The van der Waals surface area contributed by atoms with Crippen molar-refractivity contribution in [3.63, 3.8) is 0 Å². The minimum absolute atomic E-state index is 0.0513. The van der Waals surface area contributed by atoms with Gasteiger partial charge < -0.3 is 19.9 Å². The summed E-state index contributed by atoms with van der Waals surface area (Å²) in [4.78, 5) is 23.5. The van der Waals surface area contributed by atoms with Crippen LogP contribution in [0.5, 0.6) is 5.75 Å². The zero-order chi connectivity index (χ0) is 16.2. The van der Waals surface area contributed by atoms with Gasteiger partial charge in [0, 0.05) is 12.2 Å². The minimum atomic E-state index is -0.980. The Morgan fingerprint density at radius 1 is 1.35 bits per heavy atom. The molecule has 0 bridgehead atoms. The van der Waals surface area contributed by atoms with Crippen molar-refractivity contribution >= 4 is 11.9 Å². The first kappa shape index (κ1) is 15.8. The maximum absolute atomic E-state index is 12.2. The Morgan fingerprint density at radius 2 is 2.17 bits per heavy atom. The van der Waals surface area contributed by atoms with Gasteiger partial charge in [0.05, 0.1) is 6.10 Å². The molecule has 2 atom stereocenters. The van der Waals surface area contributed by atoms with Gasteiger partial charge in [0.1, 0.15) is 18.4 Å². The number of hydrogen-bond donors (Lipinski definition) is 2. The number of ether oxygens (including phenoxy) is 2. The molecule has 0 aromatic heterocycles. The second-order valence-corrected chi connectivity index (χ2v) is 6.10. The fraction of sp³-hybridized carbons (Fsp3) is 0.529. The van der Waals surface area contributed by atoms with Gasteiger partial charge in [-0.25, -0.2) is 4.79 Å². The van der Waals surface area contributed by atoms with E-state index in [9.17, 15) is 14.7 Å². The highest BCUT2D eigenvalue weighted by Gasteiger charge is 2.37. The van der Waals surface area contributed by atoms with E-state index in [4.69, 9.17) is 9.47 Å². The molecule has 1 aliphatic carbocycles. The molecule has 1 saturated heterocycles. The highest BCUT2D eigenvalue weighted by Crippen LogP contribution is 2.33. The van der Waals surface area contributed by atoms with E-state index < -0.39 is 12.0 Å². The van der Waals surface area contributed by atoms with Gasteiger partial charge in [-0.3, -0.25) is 4.79 Å². The molecule has 2 fully saturated rings. The highest BCUT2D eigenvalue weighted by molar-refractivity contribution is 5.97. The summed E-state index contributed by atoms with van der Waals surface area (Å²) < 4.78 is 11.2. The molecular weight excluding hydrogens is 298 g/mol. The number of carboxylic acids is 1. The monoisotopic (exact) mass is 319 g/mol. The van der Waals surface area contributed by atoms with Gasteiger partial charge >= 0.3 is 5.97 Å². The smallest absolute Gasteiger partial charge is 0.326 e. The normalized spacial score (nSPS) is 21.7. The Bertz CT molecular complexity index is 578. The number of hydrogen-bond acceptors (Lipinski definition) is 4. The third-order valence-electron chi connectivity index (χ3n) is 4.20. The maximum Gasteiger partial charge on any atom is 0.326 e. The number of benzene rings is 1. The summed E-state index contributed by atoms with van der Waals surface area (Å²) in [5, 5.41) is 11.8. The van der Waals surface area contributed by atoms with Crippen molar-refractivity contribution < 1.29 is 24.2 Å². The van der Waals surface area contributed by atoms with Gasteiger partial charge in [0.2, 0.25) is 0 Å². The molecule has 124 valence electrons. The molecule has 1 saturated carbocycles. The second-order valence-electron chi connectivity index (χ2n) is 6.10. The third kappa shape index (κ3) is 4.22. The summed E-state index contributed by atoms with van der Waals surface area (Å²) in [6, 6.07) is 5.99. The molecule has 6 nitrogen and oxygen atoms in total. The number of amides is 1. The molecule has 3 rings (SSSR count). The largest absolute Gasteiger partial charge is 0.491 e. The van der Waals surface area contributed by atoms with Crippen molar-refractivity contribution in [3.8, 4) is 5.75 Å². The first-order valence-corrected chi connectivity index (χ1v) is 8.01. The molecule has 0 radical (unpaired) electrons. The average molecular weight is 319 g/mol. The Labute approximate surface area is 134 Å². The Balaban J connectivity index is 1.59. The van der Waals surface area contributed by atoms with Crippen molar-refractivity contribution in [2.75, 3.05) is 13.2 Å². The Hall–Kier alpha value is -2.08. The van der Waals surface area contributed by atoms with Crippen LogP contribution in [0, 0.1) is 5.92 Å². The fourth-order valence-corrected chi connectivity index (χ4v) is 2.73. The molecule has 23 heavy (non-hydrogen) atoms. The predicted octanol–water partition coefficient (Wildman–Crippen LogP) is 1.84. The van der Waals surface area contributed by atoms with Crippen LogP contribution >= 0.6 is 0 Å². The van der Waals surface area contributed by atoms with Crippen molar-refractivity contribution in [2.45, 2.75) is 37.8 Å². The molecule has 1 aromatic rings. The fourth-order valence-electron chi connectivity index (χ4n) is 2.73. The summed E-state index contributed by atoms with van der Waals surface area (Å²) >= 11 is 0. The van der Waals surface area contributed by atoms with Gasteiger partial charge in [-0.15, -0.1) is 0 Å². The van der Waals surface area contributed by atoms with Gasteiger partial charge in [0.25, 0.3) is 5.91 Å². The van der Waals surface area contributed by atoms with E-state index in [2.05, 4.69) is 5.32 Å². The second kappa shape index (κ2) is 7.00. The molecule has 1 amide bonds. The van der Waals surface area contributed by atoms with E-state index in [1.165, 1.54) is 0 Å². The molecular formula is C17H21NO5. The first-order chi connectivity index (χ1) is 11.1. The van der Waals surface area contributed by atoms with E-state index >= 15 is 0 Å². The lowest BCUT2D eigenvalue weighted by molar-refractivity contribution is -0.139. The van der Waals surface area contributed by atoms with Crippen LogP contribution in [0.1, 0.15) is 36.0 Å². The summed E-state index contributed by atoms with van der Waals surface area (Å²) in [6.07, 6.45) is 3.85. The summed E-state index contributed by atoms with van der Waals surface area (Å²) in [5.41, 5.74) is 0.404. The standard InChI is InChI=1S/C17H21NO5/c19-16(18-15(17(20)21)11-6-7-11)12-3-1-4-13(9-12)23-10-14-5-2-8-22-14/h1,3-4,9,11,14-15H,2,5-8,10H2,(H,18,19)(H,20,21). The van der Waals surface area contributed by atoms with Crippen molar-refractivity contribution in [3.05, 3.63) is 29.8 Å². The van der Waals surface area contributed by atoms with E-state index in [-0.39, 0.29) is 17.9 Å². The summed E-state index contributed by atoms with van der Waals surface area (Å²) in [5.74, 6) is -0.722. The predicted molar refractivity (Wildman–Crippen MR) is 82.5 cm³/mol. The van der Waals surface area contributed by atoms with Crippen LogP contribution in [0.15, 0.2) is 24.3 Å². The molecule has 1 heterocycles. The Morgan fingerprint density at radius 3 is 2.83 bits per heavy atom. The quantitative estimate of drug-likeness (QED) is 0.801. The summed E-state index contributed by atoms with van der Waals surface area (Å²) in [7, 11) is 0. The summed E-state index contributed by atoms with van der Waals surface area (Å²) in [6.45, 7) is 1.24. The lowest BCUT2D eigenvalue weighted by Crippen LogP contribution is -2.42. The van der Waals surface area contributed by atoms with E-state index in [1.54, 1.807) is 24.3 Å². The number of rotatable bonds is 7.